The molecule has 0 N–H and O–H groups in total. The molecule has 1 fully saturated rings. The normalized spacial score (nSPS) is 18.5. The molecule has 0 saturated carbocycles. The molecule has 3 heterocycles. The van der Waals surface area contributed by atoms with Gasteiger partial charge in [-0.05, 0) is 31.5 Å². The molecule has 1 amide bonds. The van der Waals surface area contributed by atoms with Gasteiger partial charge in [0.25, 0.3) is 5.91 Å². The molecule has 1 aliphatic heterocycles. The van der Waals surface area contributed by atoms with Crippen LogP contribution in [-0.4, -0.2) is 52.1 Å². The van der Waals surface area contributed by atoms with Crippen LogP contribution < -0.4 is 0 Å². The average molecular weight is 312 g/mol. The second-order valence-electron chi connectivity index (χ2n) is 5.76. The number of pyridine rings is 1. The van der Waals surface area contributed by atoms with E-state index in [0.717, 1.165) is 17.8 Å². The Hall–Kier alpha value is -2.34. The van der Waals surface area contributed by atoms with Gasteiger partial charge in [-0.3, -0.25) is 4.79 Å². The first-order valence-electron chi connectivity index (χ1n) is 7.78. The van der Waals surface area contributed by atoms with Gasteiger partial charge in [-0.15, -0.1) is 0 Å². The summed E-state index contributed by atoms with van der Waals surface area (Å²) in [6.45, 7) is 4.32. The van der Waals surface area contributed by atoms with E-state index in [1.807, 2.05) is 30.0 Å². The number of aryl methyl sites for hydroxylation is 1. The Kier molecular flexibility index (Phi) is 4.92. The zero-order valence-corrected chi connectivity index (χ0v) is 13.2. The van der Waals surface area contributed by atoms with Gasteiger partial charge < -0.3 is 9.64 Å². The maximum absolute atomic E-state index is 12.7. The number of nitrogens with zero attached hydrogens (tertiary/aromatic N) is 4. The van der Waals surface area contributed by atoms with E-state index in [4.69, 9.17) is 4.74 Å². The lowest BCUT2D eigenvalue weighted by Crippen LogP contribution is -2.37. The summed E-state index contributed by atoms with van der Waals surface area (Å²) in [7, 11) is 0. The number of carbonyl (C=O) groups excluding carboxylic acids is 1. The SMILES string of the molecule is Cc1cccc(C(=O)N2CCOC[C@H](Cc3ccncn3)C2)n1. The molecule has 0 aromatic carbocycles. The summed E-state index contributed by atoms with van der Waals surface area (Å²) < 4.78 is 5.66. The third-order valence-electron chi connectivity index (χ3n) is 3.87. The standard InChI is InChI=1S/C17H20N4O2/c1-13-3-2-4-16(20-13)17(22)21-7-8-23-11-14(10-21)9-15-5-6-18-12-19-15/h2-6,12,14H,7-11H2,1H3/t14-/m1/s1. The van der Waals surface area contributed by atoms with Crippen LogP contribution >= 0.6 is 0 Å². The number of rotatable bonds is 3. The van der Waals surface area contributed by atoms with E-state index >= 15 is 0 Å². The first-order chi connectivity index (χ1) is 11.2. The molecule has 0 radical (unpaired) electrons. The monoisotopic (exact) mass is 312 g/mol. The fourth-order valence-corrected chi connectivity index (χ4v) is 2.75. The molecular weight excluding hydrogens is 292 g/mol. The second-order valence-corrected chi connectivity index (χ2v) is 5.76. The Bertz CT molecular complexity index is 663. The highest BCUT2D eigenvalue weighted by Crippen LogP contribution is 2.14. The molecule has 1 aliphatic rings. The van der Waals surface area contributed by atoms with Gasteiger partial charge in [-0.25, -0.2) is 15.0 Å². The van der Waals surface area contributed by atoms with Gasteiger partial charge in [0.2, 0.25) is 0 Å². The Morgan fingerprint density at radius 3 is 3.09 bits per heavy atom. The van der Waals surface area contributed by atoms with E-state index in [-0.39, 0.29) is 11.8 Å². The number of aromatic nitrogens is 3. The Balaban J connectivity index is 1.70. The lowest BCUT2D eigenvalue weighted by molar-refractivity contribution is 0.0731. The molecule has 0 spiro atoms. The molecule has 23 heavy (non-hydrogen) atoms. The van der Waals surface area contributed by atoms with Crippen molar-refractivity contribution in [1.29, 1.82) is 0 Å². The van der Waals surface area contributed by atoms with E-state index in [1.165, 1.54) is 0 Å². The van der Waals surface area contributed by atoms with Gasteiger partial charge in [0.05, 0.1) is 13.2 Å². The van der Waals surface area contributed by atoms with Crippen molar-refractivity contribution in [2.75, 3.05) is 26.3 Å². The summed E-state index contributed by atoms with van der Waals surface area (Å²) >= 11 is 0. The predicted molar refractivity (Wildman–Crippen MR) is 84.9 cm³/mol. The molecular formula is C17H20N4O2. The van der Waals surface area contributed by atoms with Crippen LogP contribution in [-0.2, 0) is 11.2 Å². The predicted octanol–water partition coefficient (Wildman–Crippen LogP) is 1.51. The topological polar surface area (TPSA) is 68.2 Å². The lowest BCUT2D eigenvalue weighted by atomic mass is 10.0. The molecule has 0 unspecified atom stereocenters. The summed E-state index contributed by atoms with van der Waals surface area (Å²) in [4.78, 5) is 27.0. The van der Waals surface area contributed by atoms with Crippen LogP contribution in [0.3, 0.4) is 0 Å². The number of hydrogen-bond donors (Lipinski definition) is 0. The third kappa shape index (κ3) is 4.10. The lowest BCUT2D eigenvalue weighted by Gasteiger charge is -2.23. The highest BCUT2D eigenvalue weighted by Gasteiger charge is 2.24. The van der Waals surface area contributed by atoms with Gasteiger partial charge in [0, 0.05) is 36.6 Å². The summed E-state index contributed by atoms with van der Waals surface area (Å²) in [5, 5.41) is 0. The highest BCUT2D eigenvalue weighted by atomic mass is 16.5. The molecule has 0 bridgehead atoms. The first kappa shape index (κ1) is 15.6. The van der Waals surface area contributed by atoms with Crippen LogP contribution in [0.15, 0.2) is 36.8 Å². The zero-order valence-electron chi connectivity index (χ0n) is 13.2. The highest BCUT2D eigenvalue weighted by molar-refractivity contribution is 5.92. The summed E-state index contributed by atoms with van der Waals surface area (Å²) in [5.74, 6) is 0.188. The number of hydrogen-bond acceptors (Lipinski definition) is 5. The molecule has 6 nitrogen and oxygen atoms in total. The number of carbonyl (C=O) groups is 1. The quantitative estimate of drug-likeness (QED) is 0.859. The minimum absolute atomic E-state index is 0.0353. The van der Waals surface area contributed by atoms with Crippen molar-refractivity contribution >= 4 is 5.91 Å². The third-order valence-corrected chi connectivity index (χ3v) is 3.87. The van der Waals surface area contributed by atoms with Gasteiger partial charge >= 0.3 is 0 Å². The van der Waals surface area contributed by atoms with E-state index in [2.05, 4.69) is 15.0 Å². The molecule has 120 valence electrons. The fraction of sp³-hybridized carbons (Fsp3) is 0.412. The Morgan fingerprint density at radius 2 is 2.30 bits per heavy atom. The molecule has 0 aliphatic carbocycles. The van der Waals surface area contributed by atoms with Crippen LogP contribution in [0.25, 0.3) is 0 Å². The molecule has 2 aromatic rings. The fourth-order valence-electron chi connectivity index (χ4n) is 2.75. The van der Waals surface area contributed by atoms with E-state index < -0.39 is 0 Å². The smallest absolute Gasteiger partial charge is 0.272 e. The largest absolute Gasteiger partial charge is 0.379 e. The van der Waals surface area contributed by atoms with Crippen molar-refractivity contribution in [3.63, 3.8) is 0 Å². The van der Waals surface area contributed by atoms with Crippen LogP contribution in [0.4, 0.5) is 0 Å². The van der Waals surface area contributed by atoms with Gasteiger partial charge in [0.1, 0.15) is 12.0 Å². The first-order valence-corrected chi connectivity index (χ1v) is 7.78. The maximum Gasteiger partial charge on any atom is 0.272 e. The van der Waals surface area contributed by atoms with Crippen molar-refractivity contribution < 1.29 is 9.53 Å². The van der Waals surface area contributed by atoms with Crippen molar-refractivity contribution in [2.24, 2.45) is 5.92 Å². The maximum atomic E-state index is 12.7. The van der Waals surface area contributed by atoms with Crippen molar-refractivity contribution in [3.05, 3.63) is 53.9 Å². The molecule has 6 heteroatoms. The molecule has 3 rings (SSSR count). The van der Waals surface area contributed by atoms with Crippen LogP contribution in [0.5, 0.6) is 0 Å². The molecule has 1 saturated heterocycles. The molecule has 1 atom stereocenters. The van der Waals surface area contributed by atoms with Crippen molar-refractivity contribution in [3.8, 4) is 0 Å². The zero-order chi connectivity index (χ0) is 16.1. The minimum Gasteiger partial charge on any atom is -0.379 e. The Labute approximate surface area is 135 Å². The number of ether oxygens (including phenoxy) is 1. The number of amides is 1. The summed E-state index contributed by atoms with van der Waals surface area (Å²) in [6, 6.07) is 7.42. The summed E-state index contributed by atoms with van der Waals surface area (Å²) in [6.07, 6.45) is 4.06. The van der Waals surface area contributed by atoms with Crippen molar-refractivity contribution in [2.45, 2.75) is 13.3 Å². The minimum atomic E-state index is -0.0353. The van der Waals surface area contributed by atoms with Crippen LogP contribution in [0.2, 0.25) is 0 Å². The van der Waals surface area contributed by atoms with Crippen LogP contribution in [0.1, 0.15) is 21.9 Å². The van der Waals surface area contributed by atoms with Gasteiger partial charge in [-0.2, -0.15) is 0 Å². The summed E-state index contributed by atoms with van der Waals surface area (Å²) in [5.41, 5.74) is 2.31. The van der Waals surface area contributed by atoms with E-state index in [9.17, 15) is 4.79 Å². The van der Waals surface area contributed by atoms with E-state index in [1.54, 1.807) is 18.6 Å². The Morgan fingerprint density at radius 1 is 1.39 bits per heavy atom. The second kappa shape index (κ2) is 7.28. The van der Waals surface area contributed by atoms with E-state index in [0.29, 0.717) is 32.0 Å². The van der Waals surface area contributed by atoms with Crippen molar-refractivity contribution in [1.82, 2.24) is 19.9 Å². The average Bonchev–Trinajstić information content (AvgIpc) is 2.81. The van der Waals surface area contributed by atoms with Gasteiger partial charge in [0.15, 0.2) is 0 Å². The van der Waals surface area contributed by atoms with Crippen LogP contribution in [0, 0.1) is 12.8 Å². The van der Waals surface area contributed by atoms with Gasteiger partial charge in [-0.1, -0.05) is 6.07 Å². The molecule has 2 aromatic heterocycles.